The highest BCUT2D eigenvalue weighted by atomic mass is 16.3. The zero-order chi connectivity index (χ0) is 13.8. The normalized spacial score (nSPS) is 11.6. The summed E-state index contributed by atoms with van der Waals surface area (Å²) in [4.78, 5) is 4.76. The van der Waals surface area contributed by atoms with Crippen LogP contribution >= 0.6 is 0 Å². The molecule has 4 nitrogen and oxygen atoms in total. The van der Waals surface area contributed by atoms with Gasteiger partial charge in [0.25, 0.3) is 0 Å². The lowest BCUT2D eigenvalue weighted by Crippen LogP contribution is -2.09. The van der Waals surface area contributed by atoms with Gasteiger partial charge in [0.15, 0.2) is 0 Å². The summed E-state index contributed by atoms with van der Waals surface area (Å²) in [6, 6.07) is 5.91. The first-order chi connectivity index (χ1) is 9.22. The molecule has 3 N–H and O–H groups in total. The van der Waals surface area contributed by atoms with E-state index in [1.54, 1.807) is 0 Å². The van der Waals surface area contributed by atoms with Crippen molar-refractivity contribution >= 4 is 16.7 Å². The predicted molar refractivity (Wildman–Crippen MR) is 79.2 cm³/mol. The number of rotatable bonds is 6. The molecule has 0 fully saturated rings. The van der Waals surface area contributed by atoms with Crippen molar-refractivity contribution in [2.45, 2.75) is 45.6 Å². The molecule has 0 aliphatic carbocycles. The molecular formula is C15H23N3O. The number of anilines is 1. The van der Waals surface area contributed by atoms with Crippen molar-refractivity contribution in [2.24, 2.45) is 0 Å². The SMILES string of the molecule is CCC(CC)c1nc2c(N)cccc2n1CCCO. The van der Waals surface area contributed by atoms with E-state index in [1.165, 1.54) is 0 Å². The third-order valence-corrected chi connectivity index (χ3v) is 3.73. The molecule has 2 aromatic rings. The fraction of sp³-hybridized carbons (Fsp3) is 0.533. The number of fused-ring (bicyclic) bond motifs is 1. The number of imidazole rings is 1. The summed E-state index contributed by atoms with van der Waals surface area (Å²) in [5.41, 5.74) is 8.72. The zero-order valence-electron chi connectivity index (χ0n) is 11.8. The van der Waals surface area contributed by atoms with E-state index < -0.39 is 0 Å². The Morgan fingerprint density at radius 3 is 2.68 bits per heavy atom. The minimum absolute atomic E-state index is 0.199. The molecule has 104 valence electrons. The Kier molecular flexibility index (Phi) is 4.43. The number of para-hydroxylation sites is 1. The topological polar surface area (TPSA) is 64.1 Å². The number of aliphatic hydroxyl groups excluding tert-OH is 1. The Balaban J connectivity index is 2.56. The summed E-state index contributed by atoms with van der Waals surface area (Å²) in [5.74, 6) is 1.55. The Hall–Kier alpha value is -1.55. The summed E-state index contributed by atoms with van der Waals surface area (Å²) in [5, 5.41) is 9.08. The third-order valence-electron chi connectivity index (χ3n) is 3.73. The van der Waals surface area contributed by atoms with E-state index >= 15 is 0 Å². The van der Waals surface area contributed by atoms with E-state index in [-0.39, 0.29) is 6.61 Å². The third kappa shape index (κ3) is 2.59. The van der Waals surface area contributed by atoms with Crippen LogP contribution in [0.25, 0.3) is 11.0 Å². The van der Waals surface area contributed by atoms with Gasteiger partial charge in [0.1, 0.15) is 11.3 Å². The van der Waals surface area contributed by atoms with Crippen molar-refractivity contribution in [3.05, 3.63) is 24.0 Å². The molecule has 0 amide bonds. The molecular weight excluding hydrogens is 238 g/mol. The van der Waals surface area contributed by atoms with Gasteiger partial charge in [-0.1, -0.05) is 19.9 Å². The lowest BCUT2D eigenvalue weighted by atomic mass is 10.0. The largest absolute Gasteiger partial charge is 0.397 e. The van der Waals surface area contributed by atoms with Crippen LogP contribution in [0.15, 0.2) is 18.2 Å². The Morgan fingerprint density at radius 1 is 1.32 bits per heavy atom. The van der Waals surface area contributed by atoms with Crippen LogP contribution in [0.5, 0.6) is 0 Å². The van der Waals surface area contributed by atoms with Crippen molar-refractivity contribution in [2.75, 3.05) is 12.3 Å². The molecule has 0 unspecified atom stereocenters. The lowest BCUT2D eigenvalue weighted by molar-refractivity contribution is 0.279. The highest BCUT2D eigenvalue weighted by Gasteiger charge is 2.18. The molecule has 0 aliphatic heterocycles. The van der Waals surface area contributed by atoms with Gasteiger partial charge in [-0.15, -0.1) is 0 Å². The fourth-order valence-electron chi connectivity index (χ4n) is 2.62. The molecule has 0 bridgehead atoms. The molecule has 1 aromatic carbocycles. The van der Waals surface area contributed by atoms with Crippen LogP contribution < -0.4 is 5.73 Å². The summed E-state index contributed by atoms with van der Waals surface area (Å²) in [6.45, 7) is 5.37. The maximum atomic E-state index is 9.08. The van der Waals surface area contributed by atoms with Crippen molar-refractivity contribution in [3.8, 4) is 0 Å². The van der Waals surface area contributed by atoms with E-state index in [0.717, 1.165) is 48.4 Å². The number of nitrogens with two attached hydrogens (primary N) is 1. The van der Waals surface area contributed by atoms with Gasteiger partial charge in [-0.25, -0.2) is 4.98 Å². The van der Waals surface area contributed by atoms with E-state index in [9.17, 15) is 0 Å². The standard InChI is InChI=1S/C15H23N3O/c1-3-11(4-2)15-17-14-12(16)7-5-8-13(14)18(15)9-6-10-19/h5,7-8,11,19H,3-4,6,9-10,16H2,1-2H3. The van der Waals surface area contributed by atoms with Gasteiger partial charge in [0.2, 0.25) is 0 Å². The van der Waals surface area contributed by atoms with Gasteiger partial charge in [0.05, 0.1) is 11.2 Å². The van der Waals surface area contributed by atoms with Crippen LogP contribution in [0, 0.1) is 0 Å². The number of benzene rings is 1. The molecule has 1 aromatic heterocycles. The molecule has 0 saturated heterocycles. The lowest BCUT2D eigenvalue weighted by Gasteiger charge is -2.15. The van der Waals surface area contributed by atoms with Gasteiger partial charge in [0, 0.05) is 19.1 Å². The average molecular weight is 261 g/mol. The van der Waals surface area contributed by atoms with Crippen LogP contribution in [0.2, 0.25) is 0 Å². The first-order valence-corrected chi connectivity index (χ1v) is 7.08. The number of aryl methyl sites for hydroxylation is 1. The molecule has 1 heterocycles. The van der Waals surface area contributed by atoms with Gasteiger partial charge in [-0.05, 0) is 31.4 Å². The number of hydrogen-bond donors (Lipinski definition) is 2. The van der Waals surface area contributed by atoms with Crippen LogP contribution in [0.3, 0.4) is 0 Å². The molecule has 0 aliphatic rings. The van der Waals surface area contributed by atoms with E-state index in [0.29, 0.717) is 5.92 Å². The predicted octanol–water partition coefficient (Wildman–Crippen LogP) is 2.90. The first-order valence-electron chi connectivity index (χ1n) is 7.08. The number of aliphatic hydroxyl groups is 1. The van der Waals surface area contributed by atoms with Gasteiger partial charge >= 0.3 is 0 Å². The Morgan fingerprint density at radius 2 is 2.05 bits per heavy atom. The zero-order valence-corrected chi connectivity index (χ0v) is 11.8. The Bertz CT molecular complexity index is 544. The molecule has 0 radical (unpaired) electrons. The minimum atomic E-state index is 0.199. The molecule has 0 atom stereocenters. The van der Waals surface area contributed by atoms with E-state index in [1.807, 2.05) is 12.1 Å². The maximum Gasteiger partial charge on any atom is 0.113 e. The highest BCUT2D eigenvalue weighted by Crippen LogP contribution is 2.29. The second kappa shape index (κ2) is 6.06. The quantitative estimate of drug-likeness (QED) is 0.786. The summed E-state index contributed by atoms with van der Waals surface area (Å²) in [7, 11) is 0. The van der Waals surface area contributed by atoms with Crippen LogP contribution in [-0.4, -0.2) is 21.3 Å². The highest BCUT2D eigenvalue weighted by molar-refractivity contribution is 5.87. The minimum Gasteiger partial charge on any atom is -0.397 e. The monoisotopic (exact) mass is 261 g/mol. The van der Waals surface area contributed by atoms with E-state index in [2.05, 4.69) is 24.5 Å². The molecule has 0 spiro atoms. The second-order valence-electron chi connectivity index (χ2n) is 4.93. The molecule has 0 saturated carbocycles. The number of aromatic nitrogens is 2. The summed E-state index contributed by atoms with van der Waals surface area (Å²) in [6.07, 6.45) is 2.88. The van der Waals surface area contributed by atoms with Gasteiger partial charge in [-0.3, -0.25) is 0 Å². The number of nitrogens with zero attached hydrogens (tertiary/aromatic N) is 2. The molecule has 4 heteroatoms. The number of nitrogen functional groups attached to an aromatic ring is 1. The summed E-state index contributed by atoms with van der Waals surface area (Å²) >= 11 is 0. The Labute approximate surface area is 114 Å². The fourth-order valence-corrected chi connectivity index (χ4v) is 2.62. The van der Waals surface area contributed by atoms with Gasteiger partial charge in [-0.2, -0.15) is 0 Å². The van der Waals surface area contributed by atoms with Crippen molar-refractivity contribution < 1.29 is 5.11 Å². The average Bonchev–Trinajstić information content (AvgIpc) is 2.78. The number of hydrogen-bond acceptors (Lipinski definition) is 3. The van der Waals surface area contributed by atoms with Crippen LogP contribution in [0.1, 0.15) is 44.9 Å². The van der Waals surface area contributed by atoms with Crippen molar-refractivity contribution in [1.29, 1.82) is 0 Å². The summed E-state index contributed by atoms with van der Waals surface area (Å²) < 4.78 is 2.22. The second-order valence-corrected chi connectivity index (χ2v) is 4.93. The van der Waals surface area contributed by atoms with Crippen molar-refractivity contribution in [3.63, 3.8) is 0 Å². The van der Waals surface area contributed by atoms with E-state index in [4.69, 9.17) is 15.8 Å². The van der Waals surface area contributed by atoms with Gasteiger partial charge < -0.3 is 15.4 Å². The first kappa shape index (κ1) is 13.9. The molecule has 19 heavy (non-hydrogen) atoms. The smallest absolute Gasteiger partial charge is 0.113 e. The van der Waals surface area contributed by atoms with Crippen molar-refractivity contribution in [1.82, 2.24) is 9.55 Å². The van der Waals surface area contributed by atoms with Crippen LogP contribution in [-0.2, 0) is 6.54 Å². The van der Waals surface area contributed by atoms with Crippen LogP contribution in [0.4, 0.5) is 5.69 Å². The maximum absolute atomic E-state index is 9.08. The molecule has 2 rings (SSSR count).